The lowest BCUT2D eigenvalue weighted by Crippen LogP contribution is -2.54. The molecule has 172 valence electrons. The molecule has 3 aromatic rings. The monoisotopic (exact) mass is 449 g/mol. The molecule has 8 heteroatoms. The average Bonchev–Trinajstić information content (AvgIpc) is 3.45. The van der Waals surface area contributed by atoms with Gasteiger partial charge in [-0.15, -0.1) is 0 Å². The number of aromatic amines is 1. The fourth-order valence-corrected chi connectivity index (χ4v) is 4.77. The Bertz CT molecular complexity index is 1220. The lowest BCUT2D eigenvalue weighted by molar-refractivity contribution is -0.155. The van der Waals surface area contributed by atoms with Crippen LogP contribution >= 0.6 is 0 Å². The molecule has 0 spiro atoms. The fourth-order valence-electron chi connectivity index (χ4n) is 4.77. The van der Waals surface area contributed by atoms with E-state index >= 15 is 0 Å². The minimum atomic E-state index is -0.741. The Morgan fingerprint density at radius 1 is 1.18 bits per heavy atom. The summed E-state index contributed by atoms with van der Waals surface area (Å²) in [5.41, 5.74) is 3.74. The van der Waals surface area contributed by atoms with Crippen molar-refractivity contribution in [2.75, 3.05) is 34.0 Å². The number of esters is 1. The first-order valence-corrected chi connectivity index (χ1v) is 11.1. The second kappa shape index (κ2) is 8.44. The number of hydrogen-bond acceptors (Lipinski definition) is 6. The number of methoxy groups -OCH3 is 1. The van der Waals surface area contributed by atoms with E-state index in [9.17, 15) is 9.59 Å². The number of carbonyl (C=O) groups excluding carboxylic acids is 2. The second-order valence-electron chi connectivity index (χ2n) is 8.45. The normalized spacial score (nSPS) is 19.1. The van der Waals surface area contributed by atoms with Gasteiger partial charge < -0.3 is 24.1 Å². The van der Waals surface area contributed by atoms with Crippen molar-refractivity contribution in [2.45, 2.75) is 25.4 Å². The van der Waals surface area contributed by atoms with Gasteiger partial charge in [0.05, 0.1) is 19.7 Å². The molecule has 8 nitrogen and oxygen atoms in total. The fraction of sp³-hybridized carbons (Fsp3) is 0.360. The van der Waals surface area contributed by atoms with Gasteiger partial charge in [0.2, 0.25) is 12.7 Å². The lowest BCUT2D eigenvalue weighted by atomic mass is 9.87. The molecule has 2 aromatic carbocycles. The molecule has 5 rings (SSSR count). The van der Waals surface area contributed by atoms with E-state index in [1.54, 1.807) is 4.90 Å². The highest BCUT2D eigenvalue weighted by atomic mass is 16.7. The second-order valence-corrected chi connectivity index (χ2v) is 8.45. The molecule has 3 heterocycles. The smallest absolute Gasteiger partial charge is 0.328 e. The van der Waals surface area contributed by atoms with Crippen molar-refractivity contribution in [3.05, 3.63) is 59.3 Å². The first-order chi connectivity index (χ1) is 16.0. The summed E-state index contributed by atoms with van der Waals surface area (Å²) in [5.74, 6) is 0.730. The van der Waals surface area contributed by atoms with Crippen LogP contribution in [0.15, 0.2) is 42.5 Å². The molecular weight excluding hydrogens is 422 g/mol. The van der Waals surface area contributed by atoms with Crippen molar-refractivity contribution >= 4 is 22.8 Å². The molecule has 0 saturated heterocycles. The van der Waals surface area contributed by atoms with Crippen molar-refractivity contribution in [1.82, 2.24) is 14.8 Å². The molecule has 0 aliphatic carbocycles. The number of likely N-dealkylation sites (N-methyl/N-ethyl adjacent to an activating group) is 1. The summed E-state index contributed by atoms with van der Waals surface area (Å²) in [6.07, 6.45) is 0.384. The first kappa shape index (κ1) is 21.3. The van der Waals surface area contributed by atoms with Gasteiger partial charge in [0.1, 0.15) is 6.04 Å². The summed E-state index contributed by atoms with van der Waals surface area (Å²) in [5, 5.41) is 1.05. The Morgan fingerprint density at radius 2 is 1.97 bits per heavy atom. The Kier molecular flexibility index (Phi) is 5.46. The van der Waals surface area contributed by atoms with Crippen molar-refractivity contribution < 1.29 is 23.8 Å². The lowest BCUT2D eigenvalue weighted by Gasteiger charge is -2.41. The number of nitrogens with zero attached hydrogens (tertiary/aromatic N) is 2. The summed E-state index contributed by atoms with van der Waals surface area (Å²) in [6.45, 7) is 3.07. The predicted octanol–water partition coefficient (Wildman–Crippen LogP) is 2.86. The number of H-pyrrole nitrogens is 1. The molecule has 2 aliphatic rings. The van der Waals surface area contributed by atoms with E-state index in [0.29, 0.717) is 17.9 Å². The zero-order valence-corrected chi connectivity index (χ0v) is 19.0. The van der Waals surface area contributed by atoms with Gasteiger partial charge in [-0.1, -0.05) is 31.2 Å². The Hall–Kier alpha value is -3.52. The van der Waals surface area contributed by atoms with Gasteiger partial charge in [-0.05, 0) is 42.9 Å². The molecule has 1 amide bonds. The standard InChI is InChI=1S/C25H27N3O5/c1-4-27(2)13-22(29)28-19(25(30)31-3)12-17-16-7-5-6-8-18(16)26-23(17)24(28)15-9-10-20-21(11-15)33-14-32-20/h5-11,19,24,26H,4,12-14H2,1-3H3/t19-,24-/m1/s1. The van der Waals surface area contributed by atoms with Gasteiger partial charge in [0, 0.05) is 23.0 Å². The average molecular weight is 450 g/mol. The Balaban J connectivity index is 1.71. The van der Waals surface area contributed by atoms with Crippen LogP contribution in [-0.2, 0) is 20.7 Å². The highest BCUT2D eigenvalue weighted by Gasteiger charge is 2.44. The van der Waals surface area contributed by atoms with E-state index in [-0.39, 0.29) is 19.2 Å². The van der Waals surface area contributed by atoms with Gasteiger partial charge in [-0.25, -0.2) is 4.79 Å². The van der Waals surface area contributed by atoms with Crippen LogP contribution in [0.1, 0.15) is 29.8 Å². The maximum Gasteiger partial charge on any atom is 0.328 e. The van der Waals surface area contributed by atoms with Gasteiger partial charge in [-0.3, -0.25) is 9.69 Å². The van der Waals surface area contributed by atoms with Gasteiger partial charge >= 0.3 is 5.97 Å². The van der Waals surface area contributed by atoms with Crippen molar-refractivity contribution in [1.29, 1.82) is 0 Å². The van der Waals surface area contributed by atoms with Crippen molar-refractivity contribution in [3.8, 4) is 11.5 Å². The SMILES string of the molecule is CCN(C)CC(=O)N1[C@H](c2ccc3c(c2)OCO3)c2[nH]c3ccccc3c2C[C@@H]1C(=O)OC. The molecule has 0 radical (unpaired) electrons. The predicted molar refractivity (Wildman–Crippen MR) is 122 cm³/mol. The van der Waals surface area contributed by atoms with E-state index in [2.05, 4.69) is 4.98 Å². The first-order valence-electron chi connectivity index (χ1n) is 11.1. The van der Waals surface area contributed by atoms with E-state index in [0.717, 1.165) is 34.3 Å². The van der Waals surface area contributed by atoms with Crippen molar-refractivity contribution in [3.63, 3.8) is 0 Å². The largest absolute Gasteiger partial charge is 0.467 e. The molecule has 1 aromatic heterocycles. The summed E-state index contributed by atoms with van der Waals surface area (Å²) in [7, 11) is 3.25. The van der Waals surface area contributed by atoms with Crippen LogP contribution in [0.5, 0.6) is 11.5 Å². The van der Waals surface area contributed by atoms with Crippen molar-refractivity contribution in [2.24, 2.45) is 0 Å². The number of carbonyl (C=O) groups is 2. The summed E-state index contributed by atoms with van der Waals surface area (Å²) in [6, 6.07) is 12.4. The summed E-state index contributed by atoms with van der Waals surface area (Å²) >= 11 is 0. The van der Waals surface area contributed by atoms with E-state index in [4.69, 9.17) is 14.2 Å². The van der Waals surface area contributed by atoms with Gasteiger partial charge in [0.25, 0.3) is 0 Å². The minimum absolute atomic E-state index is 0.137. The van der Waals surface area contributed by atoms with Crippen LogP contribution in [0.25, 0.3) is 10.9 Å². The minimum Gasteiger partial charge on any atom is -0.467 e. The molecule has 2 aliphatic heterocycles. The highest BCUT2D eigenvalue weighted by molar-refractivity contribution is 5.91. The highest BCUT2D eigenvalue weighted by Crippen LogP contribution is 2.44. The molecular formula is C25H27N3O5. The van der Waals surface area contributed by atoms with Crippen LogP contribution in [0.4, 0.5) is 0 Å². The van der Waals surface area contributed by atoms with Crippen LogP contribution in [0.3, 0.4) is 0 Å². The number of nitrogens with one attached hydrogen (secondary N) is 1. The third-order valence-electron chi connectivity index (χ3n) is 6.55. The third-order valence-corrected chi connectivity index (χ3v) is 6.55. The number of benzene rings is 2. The number of hydrogen-bond donors (Lipinski definition) is 1. The maximum atomic E-state index is 13.6. The van der Waals surface area contributed by atoms with Crippen LogP contribution in [0.2, 0.25) is 0 Å². The number of fused-ring (bicyclic) bond motifs is 4. The number of rotatable bonds is 5. The van der Waals surface area contributed by atoms with Gasteiger partial charge in [0.15, 0.2) is 11.5 Å². The number of ether oxygens (including phenoxy) is 3. The molecule has 1 N–H and O–H groups in total. The van der Waals surface area contributed by atoms with Gasteiger partial charge in [-0.2, -0.15) is 0 Å². The van der Waals surface area contributed by atoms with E-state index in [1.165, 1.54) is 7.11 Å². The van der Waals surface area contributed by atoms with E-state index in [1.807, 2.05) is 61.3 Å². The molecule has 0 fully saturated rings. The Labute approximate surface area is 192 Å². The zero-order valence-electron chi connectivity index (χ0n) is 19.0. The van der Waals surface area contributed by atoms with Crippen LogP contribution < -0.4 is 9.47 Å². The molecule has 0 unspecified atom stereocenters. The van der Waals surface area contributed by atoms with Crippen LogP contribution in [-0.4, -0.2) is 66.7 Å². The summed E-state index contributed by atoms with van der Waals surface area (Å²) < 4.78 is 16.3. The topological polar surface area (TPSA) is 84.1 Å². The Morgan fingerprint density at radius 3 is 2.76 bits per heavy atom. The zero-order chi connectivity index (χ0) is 23.1. The van der Waals surface area contributed by atoms with E-state index < -0.39 is 18.1 Å². The molecule has 2 atom stereocenters. The maximum absolute atomic E-state index is 13.6. The quantitative estimate of drug-likeness (QED) is 0.603. The number of aromatic nitrogens is 1. The van der Waals surface area contributed by atoms with Crippen LogP contribution in [0, 0.1) is 0 Å². The third kappa shape index (κ3) is 3.60. The number of para-hydroxylation sites is 1. The molecule has 0 saturated carbocycles. The molecule has 33 heavy (non-hydrogen) atoms. The summed E-state index contributed by atoms with van der Waals surface area (Å²) in [4.78, 5) is 33.8. The molecule has 0 bridgehead atoms. The number of amides is 1.